The van der Waals surface area contributed by atoms with Crippen LogP contribution in [0.15, 0.2) is 43.0 Å². The van der Waals surface area contributed by atoms with Crippen molar-refractivity contribution in [3.63, 3.8) is 0 Å². The number of allylic oxidation sites excluding steroid dienone is 1. The zero-order valence-electron chi connectivity index (χ0n) is 11.2. The maximum atomic E-state index is 12.2. The summed E-state index contributed by atoms with van der Waals surface area (Å²) in [6, 6.07) is 9.58. The smallest absolute Gasteiger partial charge is 0.309 e. The predicted octanol–water partition coefficient (Wildman–Crippen LogP) is 3.86. The minimum Gasteiger partial charge on any atom is -0.309 e. The lowest BCUT2D eigenvalue weighted by molar-refractivity contribution is 0.231. The molecule has 0 aliphatic carbocycles. The first-order chi connectivity index (χ1) is 9.20. The van der Waals surface area contributed by atoms with Crippen molar-refractivity contribution in [2.45, 2.75) is 13.3 Å². The summed E-state index contributed by atoms with van der Waals surface area (Å²) in [5.41, 5.74) is 0.906. The van der Waals surface area contributed by atoms with E-state index in [1.807, 2.05) is 30.3 Å². The standard InChI is InChI=1S/C15H19O3P/c1-3-5-14-19(16,17-4-2)18-13-9-12-15-10-7-6-8-11-15/h3,6-8,10-11H,1,4-5,13-14H2,2H3. The highest BCUT2D eigenvalue weighted by Gasteiger charge is 2.22. The van der Waals surface area contributed by atoms with Gasteiger partial charge in [-0.05, 0) is 25.5 Å². The second-order valence-corrected chi connectivity index (χ2v) is 5.96. The van der Waals surface area contributed by atoms with Crippen molar-refractivity contribution >= 4 is 7.60 Å². The molecule has 0 radical (unpaired) electrons. The maximum Gasteiger partial charge on any atom is 0.331 e. The molecule has 19 heavy (non-hydrogen) atoms. The predicted molar refractivity (Wildman–Crippen MR) is 78.2 cm³/mol. The molecule has 1 rings (SSSR count). The molecule has 0 aliphatic rings. The fourth-order valence-corrected chi connectivity index (χ4v) is 2.89. The third kappa shape index (κ3) is 6.40. The third-order valence-corrected chi connectivity index (χ3v) is 4.25. The van der Waals surface area contributed by atoms with Crippen molar-refractivity contribution in [2.24, 2.45) is 0 Å². The Hall–Kier alpha value is -1.33. The summed E-state index contributed by atoms with van der Waals surface area (Å²) in [6.45, 7) is 5.85. The van der Waals surface area contributed by atoms with Gasteiger partial charge in [-0.1, -0.05) is 36.1 Å². The minimum absolute atomic E-state index is 0.101. The molecular formula is C15H19O3P. The van der Waals surface area contributed by atoms with Crippen LogP contribution in [0, 0.1) is 11.8 Å². The zero-order valence-corrected chi connectivity index (χ0v) is 12.1. The highest BCUT2D eigenvalue weighted by atomic mass is 31.2. The van der Waals surface area contributed by atoms with Gasteiger partial charge in [-0.15, -0.1) is 6.58 Å². The largest absolute Gasteiger partial charge is 0.331 e. The molecule has 1 unspecified atom stereocenters. The average Bonchev–Trinajstić information content (AvgIpc) is 2.43. The molecule has 1 atom stereocenters. The van der Waals surface area contributed by atoms with Gasteiger partial charge in [0.15, 0.2) is 0 Å². The van der Waals surface area contributed by atoms with E-state index in [0.717, 1.165) is 5.56 Å². The molecule has 0 saturated carbocycles. The van der Waals surface area contributed by atoms with Crippen molar-refractivity contribution in [3.05, 3.63) is 48.6 Å². The monoisotopic (exact) mass is 278 g/mol. The molecule has 3 nitrogen and oxygen atoms in total. The van der Waals surface area contributed by atoms with Gasteiger partial charge < -0.3 is 4.52 Å². The highest BCUT2D eigenvalue weighted by Crippen LogP contribution is 2.48. The molecule has 0 saturated heterocycles. The van der Waals surface area contributed by atoms with Crippen LogP contribution in [0.25, 0.3) is 0 Å². The molecule has 1 aromatic rings. The molecule has 102 valence electrons. The molecule has 0 bridgehead atoms. The van der Waals surface area contributed by atoms with Crippen LogP contribution in [-0.2, 0) is 13.6 Å². The first-order valence-electron chi connectivity index (χ1n) is 6.23. The van der Waals surface area contributed by atoms with Crippen molar-refractivity contribution < 1.29 is 13.6 Å². The average molecular weight is 278 g/mol. The fraction of sp³-hybridized carbons (Fsp3) is 0.333. The van der Waals surface area contributed by atoms with Crippen LogP contribution in [0.2, 0.25) is 0 Å². The summed E-state index contributed by atoms with van der Waals surface area (Å²) < 4.78 is 22.7. The van der Waals surface area contributed by atoms with Crippen LogP contribution in [0.3, 0.4) is 0 Å². The summed E-state index contributed by atoms with van der Waals surface area (Å²) >= 11 is 0. The molecule has 4 heteroatoms. The molecular weight excluding hydrogens is 259 g/mol. The van der Waals surface area contributed by atoms with Gasteiger partial charge in [0.05, 0.1) is 12.8 Å². The van der Waals surface area contributed by atoms with E-state index in [1.165, 1.54) is 0 Å². The number of rotatable bonds is 7. The van der Waals surface area contributed by atoms with Gasteiger partial charge in [-0.3, -0.25) is 9.09 Å². The van der Waals surface area contributed by atoms with E-state index in [-0.39, 0.29) is 6.61 Å². The summed E-state index contributed by atoms with van der Waals surface area (Å²) in [6.07, 6.45) is 2.64. The summed E-state index contributed by atoms with van der Waals surface area (Å²) in [7, 11) is -3.03. The Labute approximate surface area is 115 Å². The Morgan fingerprint density at radius 2 is 2.05 bits per heavy atom. The molecule has 0 aliphatic heterocycles. The Balaban J connectivity index is 2.51. The van der Waals surface area contributed by atoms with Gasteiger partial charge in [0.2, 0.25) is 0 Å². The summed E-state index contributed by atoms with van der Waals surface area (Å²) in [5.74, 6) is 5.79. The van der Waals surface area contributed by atoms with E-state index in [2.05, 4.69) is 18.4 Å². The Kier molecular flexibility index (Phi) is 7.22. The van der Waals surface area contributed by atoms with Gasteiger partial charge in [0.25, 0.3) is 0 Å². The zero-order chi connectivity index (χ0) is 14.0. The molecule has 0 spiro atoms. The summed E-state index contributed by atoms with van der Waals surface area (Å²) in [4.78, 5) is 0. The fourth-order valence-electron chi connectivity index (χ4n) is 1.40. The van der Waals surface area contributed by atoms with Crippen molar-refractivity contribution in [1.29, 1.82) is 0 Å². The number of benzene rings is 1. The van der Waals surface area contributed by atoms with E-state index >= 15 is 0 Å². The van der Waals surface area contributed by atoms with Crippen LogP contribution in [0.1, 0.15) is 18.9 Å². The van der Waals surface area contributed by atoms with E-state index in [0.29, 0.717) is 19.2 Å². The second-order valence-electron chi connectivity index (χ2n) is 3.77. The van der Waals surface area contributed by atoms with Crippen LogP contribution in [-0.4, -0.2) is 19.4 Å². The molecule has 0 amide bonds. The molecule has 0 fully saturated rings. The molecule has 0 aromatic heterocycles. The second kappa shape index (κ2) is 8.72. The van der Waals surface area contributed by atoms with Crippen LogP contribution in [0.4, 0.5) is 0 Å². The Bertz CT molecular complexity index is 485. The quantitative estimate of drug-likeness (QED) is 0.431. The lowest BCUT2D eigenvalue weighted by Crippen LogP contribution is -2.00. The maximum absolute atomic E-state index is 12.2. The topological polar surface area (TPSA) is 35.5 Å². The van der Waals surface area contributed by atoms with E-state index in [4.69, 9.17) is 9.05 Å². The van der Waals surface area contributed by atoms with Crippen LogP contribution < -0.4 is 0 Å². The van der Waals surface area contributed by atoms with Crippen molar-refractivity contribution in [2.75, 3.05) is 19.4 Å². The molecule has 1 aromatic carbocycles. The highest BCUT2D eigenvalue weighted by molar-refractivity contribution is 7.53. The lowest BCUT2D eigenvalue weighted by Gasteiger charge is -2.15. The van der Waals surface area contributed by atoms with Gasteiger partial charge >= 0.3 is 7.60 Å². The van der Waals surface area contributed by atoms with Gasteiger partial charge in [0.1, 0.15) is 6.61 Å². The van der Waals surface area contributed by atoms with Crippen LogP contribution in [0.5, 0.6) is 0 Å². The third-order valence-electron chi connectivity index (χ3n) is 2.27. The first-order valence-corrected chi connectivity index (χ1v) is 7.96. The first kappa shape index (κ1) is 15.7. The van der Waals surface area contributed by atoms with E-state index in [1.54, 1.807) is 13.0 Å². The van der Waals surface area contributed by atoms with Crippen LogP contribution >= 0.6 is 7.60 Å². The summed E-state index contributed by atoms with van der Waals surface area (Å²) in [5, 5.41) is 0. The SMILES string of the molecule is C=CCCP(=O)(OCC)OCC#Cc1ccccc1. The number of hydrogen-bond donors (Lipinski definition) is 0. The van der Waals surface area contributed by atoms with E-state index < -0.39 is 7.60 Å². The molecule has 0 N–H and O–H groups in total. The lowest BCUT2D eigenvalue weighted by atomic mass is 10.2. The Morgan fingerprint density at radius 3 is 2.68 bits per heavy atom. The normalized spacial score (nSPS) is 13.1. The molecule has 0 heterocycles. The minimum atomic E-state index is -3.03. The van der Waals surface area contributed by atoms with E-state index in [9.17, 15) is 4.57 Å². The van der Waals surface area contributed by atoms with Crippen molar-refractivity contribution in [3.8, 4) is 11.8 Å². The van der Waals surface area contributed by atoms with Gasteiger partial charge in [0, 0.05) is 5.56 Å². The number of hydrogen-bond acceptors (Lipinski definition) is 3. The van der Waals surface area contributed by atoms with Crippen molar-refractivity contribution in [1.82, 2.24) is 0 Å². The van der Waals surface area contributed by atoms with Gasteiger partial charge in [-0.2, -0.15) is 0 Å². The Morgan fingerprint density at radius 1 is 1.32 bits per heavy atom. The van der Waals surface area contributed by atoms with Gasteiger partial charge in [-0.25, -0.2) is 0 Å².